The Morgan fingerprint density at radius 2 is 1.81 bits per heavy atom. The molecule has 1 aromatic carbocycles. The predicted octanol–water partition coefficient (Wildman–Crippen LogP) is 4.33. The second kappa shape index (κ2) is 7.76. The van der Waals surface area contributed by atoms with E-state index < -0.39 is 12.7 Å². The Labute approximate surface area is 149 Å². The number of imidazole rings is 1. The third-order valence-corrected chi connectivity index (χ3v) is 4.35. The van der Waals surface area contributed by atoms with Gasteiger partial charge in [0.15, 0.2) is 5.78 Å². The number of nitrogens with zero attached hydrogens (tertiary/aromatic N) is 3. The Morgan fingerprint density at radius 3 is 2.46 bits per heavy atom. The first-order chi connectivity index (χ1) is 12.4. The van der Waals surface area contributed by atoms with Gasteiger partial charge >= 0.3 is 6.18 Å². The molecule has 7 heteroatoms. The molecule has 1 aliphatic heterocycles. The third-order valence-electron chi connectivity index (χ3n) is 4.35. The maximum Gasteiger partial charge on any atom is 0.406 e. The van der Waals surface area contributed by atoms with Gasteiger partial charge in [0.2, 0.25) is 0 Å². The Bertz CT molecular complexity index is 772. The fourth-order valence-corrected chi connectivity index (χ4v) is 3.04. The normalized spacial score (nSPS) is 15.6. The van der Waals surface area contributed by atoms with Crippen molar-refractivity contribution in [1.82, 2.24) is 9.55 Å². The first kappa shape index (κ1) is 18.2. The van der Waals surface area contributed by atoms with E-state index in [1.54, 1.807) is 12.1 Å². The second-order valence-electron chi connectivity index (χ2n) is 6.32. The number of benzene rings is 1. The van der Waals surface area contributed by atoms with Gasteiger partial charge in [-0.05, 0) is 55.7 Å². The first-order valence-corrected chi connectivity index (χ1v) is 8.58. The lowest BCUT2D eigenvalue weighted by molar-refractivity contribution is -0.140. The lowest BCUT2D eigenvalue weighted by atomic mass is 10.1. The lowest BCUT2D eigenvalue weighted by Gasteiger charge is -2.28. The summed E-state index contributed by atoms with van der Waals surface area (Å²) in [6.45, 7) is 0.912. The van der Waals surface area contributed by atoms with Gasteiger partial charge < -0.3 is 9.47 Å². The molecule has 4 nitrogen and oxygen atoms in total. The monoisotopic (exact) mass is 363 g/mol. The quantitative estimate of drug-likeness (QED) is 0.586. The highest BCUT2D eigenvalue weighted by atomic mass is 19.4. The molecule has 3 rings (SSSR count). The van der Waals surface area contributed by atoms with Crippen molar-refractivity contribution in [3.05, 3.63) is 54.1 Å². The second-order valence-corrected chi connectivity index (χ2v) is 6.32. The number of anilines is 1. The van der Waals surface area contributed by atoms with Gasteiger partial charge in [-0.25, -0.2) is 4.98 Å². The van der Waals surface area contributed by atoms with Crippen molar-refractivity contribution in [2.75, 3.05) is 18.0 Å². The maximum atomic E-state index is 12.5. The number of ketones is 1. The van der Waals surface area contributed by atoms with Crippen molar-refractivity contribution in [2.45, 2.75) is 32.0 Å². The largest absolute Gasteiger partial charge is 0.406 e. The number of carbonyl (C=O) groups is 1. The third kappa shape index (κ3) is 4.74. The average molecular weight is 363 g/mol. The summed E-state index contributed by atoms with van der Waals surface area (Å²) in [4.78, 5) is 18.4. The number of allylic oxidation sites excluding steroid dienone is 1. The Hall–Kier alpha value is -2.57. The molecule has 0 amide bonds. The van der Waals surface area contributed by atoms with Crippen LogP contribution in [-0.2, 0) is 6.54 Å². The number of hydrogen-bond donors (Lipinski definition) is 0. The van der Waals surface area contributed by atoms with E-state index in [0.717, 1.165) is 23.3 Å². The van der Waals surface area contributed by atoms with Crippen LogP contribution in [0, 0.1) is 0 Å². The van der Waals surface area contributed by atoms with Crippen LogP contribution in [0.2, 0.25) is 0 Å². The molecule has 1 fully saturated rings. The summed E-state index contributed by atoms with van der Waals surface area (Å²) in [5, 5.41) is 0. The summed E-state index contributed by atoms with van der Waals surface area (Å²) in [7, 11) is 0. The van der Waals surface area contributed by atoms with Crippen LogP contribution in [0.5, 0.6) is 0 Å². The predicted molar refractivity (Wildman–Crippen MR) is 94.2 cm³/mol. The van der Waals surface area contributed by atoms with Crippen molar-refractivity contribution >= 4 is 17.5 Å². The highest BCUT2D eigenvalue weighted by molar-refractivity contribution is 6.06. The van der Waals surface area contributed by atoms with E-state index in [1.165, 1.54) is 43.8 Å². The van der Waals surface area contributed by atoms with Crippen LogP contribution in [0.15, 0.2) is 42.7 Å². The molecule has 2 heterocycles. The highest BCUT2D eigenvalue weighted by Crippen LogP contribution is 2.21. The molecule has 0 N–H and O–H groups in total. The zero-order chi connectivity index (χ0) is 18.6. The molecule has 1 saturated heterocycles. The van der Waals surface area contributed by atoms with Crippen LogP contribution >= 0.6 is 0 Å². The summed E-state index contributed by atoms with van der Waals surface area (Å²) < 4.78 is 38.5. The van der Waals surface area contributed by atoms with Crippen LogP contribution in [0.25, 0.3) is 6.08 Å². The van der Waals surface area contributed by atoms with E-state index in [4.69, 9.17) is 0 Å². The van der Waals surface area contributed by atoms with Crippen molar-refractivity contribution in [3.8, 4) is 0 Å². The molecule has 0 bridgehead atoms. The summed E-state index contributed by atoms with van der Waals surface area (Å²) in [5.41, 5.74) is 1.59. The molecular formula is C19H20F3N3O. The van der Waals surface area contributed by atoms with Crippen LogP contribution in [0.3, 0.4) is 0 Å². The van der Waals surface area contributed by atoms with Crippen LogP contribution in [0.4, 0.5) is 18.9 Å². The van der Waals surface area contributed by atoms with Crippen LogP contribution in [-0.4, -0.2) is 34.6 Å². The van der Waals surface area contributed by atoms with E-state index in [9.17, 15) is 18.0 Å². The minimum absolute atomic E-state index is 0.0978. The fourth-order valence-electron chi connectivity index (χ4n) is 3.04. The van der Waals surface area contributed by atoms with Gasteiger partial charge in [0.05, 0.1) is 0 Å². The van der Waals surface area contributed by atoms with E-state index in [2.05, 4.69) is 9.88 Å². The highest BCUT2D eigenvalue weighted by Gasteiger charge is 2.28. The molecular weight excluding hydrogens is 343 g/mol. The fraction of sp³-hybridized carbons (Fsp3) is 0.368. The van der Waals surface area contributed by atoms with E-state index in [1.807, 2.05) is 12.1 Å². The molecule has 0 saturated carbocycles. The number of carbonyl (C=O) groups excluding carboxylic acids is 1. The van der Waals surface area contributed by atoms with Gasteiger partial charge in [0.1, 0.15) is 12.4 Å². The van der Waals surface area contributed by atoms with Crippen molar-refractivity contribution in [3.63, 3.8) is 0 Å². The molecule has 1 aromatic heterocycles. The maximum absolute atomic E-state index is 12.5. The van der Waals surface area contributed by atoms with Crippen molar-refractivity contribution < 1.29 is 18.0 Å². The minimum Gasteiger partial charge on any atom is -0.372 e. The van der Waals surface area contributed by atoms with Gasteiger partial charge in [-0.15, -0.1) is 0 Å². The summed E-state index contributed by atoms with van der Waals surface area (Å²) in [6, 6.07) is 7.32. The number of alkyl halides is 3. The van der Waals surface area contributed by atoms with Gasteiger partial charge in [-0.1, -0.05) is 0 Å². The Morgan fingerprint density at radius 1 is 1.12 bits per heavy atom. The summed E-state index contributed by atoms with van der Waals surface area (Å²) in [6.07, 6.45) is 4.35. The molecule has 2 aromatic rings. The summed E-state index contributed by atoms with van der Waals surface area (Å²) >= 11 is 0. The van der Waals surface area contributed by atoms with E-state index >= 15 is 0 Å². The topological polar surface area (TPSA) is 38.1 Å². The number of hydrogen-bond acceptors (Lipinski definition) is 3. The summed E-state index contributed by atoms with van der Waals surface area (Å²) in [5.74, 6) is -0.169. The van der Waals surface area contributed by atoms with Gasteiger partial charge in [-0.3, -0.25) is 4.79 Å². The Balaban J connectivity index is 1.66. The van der Waals surface area contributed by atoms with Gasteiger partial charge in [-0.2, -0.15) is 13.2 Å². The molecule has 0 unspecified atom stereocenters. The number of aromatic nitrogens is 2. The Kier molecular flexibility index (Phi) is 5.44. The number of rotatable bonds is 5. The van der Waals surface area contributed by atoms with E-state index in [0.29, 0.717) is 5.56 Å². The standard InChI is InChI=1S/C19H20F3N3O/c20-19(21,22)14-25-13-10-23-18(25)9-8-17(26)15-4-6-16(7-5-15)24-11-2-1-3-12-24/h4-10,13H,1-3,11-12,14H2/b9-8+. The molecule has 1 aliphatic rings. The molecule has 0 spiro atoms. The molecule has 138 valence electrons. The zero-order valence-corrected chi connectivity index (χ0v) is 14.2. The lowest BCUT2D eigenvalue weighted by Crippen LogP contribution is -2.29. The molecule has 0 atom stereocenters. The molecule has 0 aliphatic carbocycles. The van der Waals surface area contributed by atoms with Crippen molar-refractivity contribution in [2.24, 2.45) is 0 Å². The molecule has 26 heavy (non-hydrogen) atoms. The zero-order valence-electron chi connectivity index (χ0n) is 14.2. The van der Waals surface area contributed by atoms with Gasteiger partial charge in [0, 0.05) is 36.7 Å². The molecule has 0 radical (unpaired) electrons. The van der Waals surface area contributed by atoms with Gasteiger partial charge in [0.25, 0.3) is 0 Å². The SMILES string of the molecule is O=C(/C=C/c1nccn1CC(F)(F)F)c1ccc(N2CCCCC2)cc1. The van der Waals surface area contributed by atoms with E-state index in [-0.39, 0.29) is 11.6 Å². The van der Waals surface area contributed by atoms with Crippen LogP contribution in [0.1, 0.15) is 35.4 Å². The smallest absolute Gasteiger partial charge is 0.372 e. The minimum atomic E-state index is -4.34. The first-order valence-electron chi connectivity index (χ1n) is 8.58. The van der Waals surface area contributed by atoms with Crippen molar-refractivity contribution in [1.29, 1.82) is 0 Å². The number of piperidine rings is 1. The number of halogens is 3. The average Bonchev–Trinajstić information content (AvgIpc) is 3.05. The van der Waals surface area contributed by atoms with Crippen LogP contribution < -0.4 is 4.90 Å².